The Bertz CT molecular complexity index is 4780. The topological polar surface area (TPSA) is 36.9 Å². The van der Waals surface area contributed by atoms with E-state index in [2.05, 4.69) is 257 Å². The molecule has 16 rings (SSSR count). The lowest BCUT2D eigenvalue weighted by Crippen LogP contribution is -2.24. The molecule has 1 aliphatic heterocycles. The molecule has 0 radical (unpaired) electrons. The van der Waals surface area contributed by atoms with Crippen LogP contribution in [0.1, 0.15) is 0 Å². The predicted octanol–water partition coefficient (Wildman–Crippen LogP) is 18.7. The summed E-state index contributed by atoms with van der Waals surface area (Å²) in [5.74, 6) is 0. The predicted molar refractivity (Wildman–Crippen MR) is 301 cm³/mol. The van der Waals surface area contributed by atoms with E-state index in [0.29, 0.717) is 0 Å². The van der Waals surface area contributed by atoms with Gasteiger partial charge in [-0.1, -0.05) is 170 Å². The second-order valence-corrected chi connectivity index (χ2v) is 19.0. The SMILES string of the molecule is c1ccc(-c2ccccc2-c2ccc3c(c2)N(c2ccc4c(c2)c2ccccc2n2c5ccccc5nc42)c2cc4c5ccccc5c5ccccc5c4cc2N3c2cccc3c2oc2ccccc23)cc1. The minimum absolute atomic E-state index is 0.847. The van der Waals surface area contributed by atoms with E-state index in [4.69, 9.17) is 9.40 Å². The molecule has 0 aliphatic carbocycles. The van der Waals surface area contributed by atoms with Crippen molar-refractivity contribution >= 4 is 127 Å². The van der Waals surface area contributed by atoms with Crippen LogP contribution >= 0.6 is 0 Å². The molecule has 0 bridgehead atoms. The Morgan fingerprint density at radius 1 is 0.306 bits per heavy atom. The molecule has 0 amide bonds. The molecular weight excluding hydrogens is 877 g/mol. The molecule has 4 heterocycles. The number of anilines is 6. The number of hydrogen-bond donors (Lipinski definition) is 0. The number of aromatic nitrogens is 2. The second kappa shape index (κ2) is 14.9. The van der Waals surface area contributed by atoms with Crippen molar-refractivity contribution < 1.29 is 4.42 Å². The van der Waals surface area contributed by atoms with Gasteiger partial charge in [-0.05, 0) is 133 Å². The summed E-state index contributed by atoms with van der Waals surface area (Å²) in [5.41, 5.74) is 16.8. The molecule has 1 aliphatic rings. The fraction of sp³-hybridized carbons (Fsp3) is 0. The van der Waals surface area contributed by atoms with Crippen LogP contribution in [0.15, 0.2) is 247 Å². The lowest BCUT2D eigenvalue weighted by molar-refractivity contribution is 0.669. The van der Waals surface area contributed by atoms with E-state index in [1.54, 1.807) is 0 Å². The van der Waals surface area contributed by atoms with Gasteiger partial charge in [-0.2, -0.15) is 0 Å². The van der Waals surface area contributed by atoms with E-state index < -0.39 is 0 Å². The lowest BCUT2D eigenvalue weighted by Gasteiger charge is -2.41. The van der Waals surface area contributed by atoms with Crippen LogP contribution in [0, 0.1) is 0 Å². The van der Waals surface area contributed by atoms with Crippen molar-refractivity contribution in [1.82, 2.24) is 9.38 Å². The quantitative estimate of drug-likeness (QED) is 0.165. The van der Waals surface area contributed by atoms with Gasteiger partial charge in [0.15, 0.2) is 5.58 Å². The zero-order chi connectivity index (χ0) is 47.0. The van der Waals surface area contributed by atoms with Crippen LogP contribution < -0.4 is 9.80 Å². The number of rotatable bonds is 4. The highest BCUT2D eigenvalue weighted by molar-refractivity contribution is 6.28. The van der Waals surface area contributed by atoms with Crippen LogP contribution in [-0.2, 0) is 0 Å². The minimum Gasteiger partial charge on any atom is -0.454 e. The highest BCUT2D eigenvalue weighted by atomic mass is 16.3. The highest BCUT2D eigenvalue weighted by Crippen LogP contribution is 2.58. The van der Waals surface area contributed by atoms with Crippen LogP contribution in [0.25, 0.3) is 115 Å². The second-order valence-electron chi connectivity index (χ2n) is 19.0. The molecule has 5 nitrogen and oxygen atoms in total. The van der Waals surface area contributed by atoms with Crippen molar-refractivity contribution in [3.63, 3.8) is 0 Å². The Morgan fingerprint density at radius 3 is 1.64 bits per heavy atom. The molecule has 0 atom stereocenters. The van der Waals surface area contributed by atoms with Gasteiger partial charge in [-0.25, -0.2) is 4.98 Å². The summed E-state index contributed by atoms with van der Waals surface area (Å²) in [6.07, 6.45) is 0. The average Bonchev–Trinajstić information content (AvgIpc) is 4.04. The monoisotopic (exact) mass is 916 g/mol. The number of nitrogens with zero attached hydrogens (tertiary/aromatic N) is 4. The van der Waals surface area contributed by atoms with Gasteiger partial charge in [0.2, 0.25) is 0 Å². The van der Waals surface area contributed by atoms with Crippen LogP contribution in [-0.4, -0.2) is 9.38 Å². The van der Waals surface area contributed by atoms with E-state index in [-0.39, 0.29) is 0 Å². The number of fused-ring (bicyclic) bond motifs is 19. The third-order valence-electron chi connectivity index (χ3n) is 15.2. The van der Waals surface area contributed by atoms with Gasteiger partial charge in [0, 0.05) is 27.2 Å². The summed E-state index contributed by atoms with van der Waals surface area (Å²) in [4.78, 5) is 10.3. The zero-order valence-corrected chi connectivity index (χ0v) is 38.8. The molecule has 15 aromatic rings. The van der Waals surface area contributed by atoms with Gasteiger partial charge in [-0.15, -0.1) is 0 Å². The van der Waals surface area contributed by atoms with Crippen molar-refractivity contribution in [3.05, 3.63) is 243 Å². The molecular formula is C67H40N4O. The number of imidazole rings is 1. The van der Waals surface area contributed by atoms with Crippen molar-refractivity contribution in [2.75, 3.05) is 9.80 Å². The van der Waals surface area contributed by atoms with E-state index in [0.717, 1.165) is 100 Å². The Morgan fingerprint density at radius 2 is 0.875 bits per heavy atom. The third kappa shape index (κ3) is 5.50. The number of furan rings is 1. The van der Waals surface area contributed by atoms with E-state index >= 15 is 0 Å². The van der Waals surface area contributed by atoms with Crippen molar-refractivity contribution in [3.8, 4) is 22.3 Å². The van der Waals surface area contributed by atoms with Crippen molar-refractivity contribution in [2.45, 2.75) is 0 Å². The maximum Gasteiger partial charge on any atom is 0.159 e. The maximum absolute atomic E-state index is 6.93. The summed E-state index contributed by atoms with van der Waals surface area (Å²) in [6, 6.07) is 88.3. The summed E-state index contributed by atoms with van der Waals surface area (Å²) in [7, 11) is 0. The number of benzene rings is 12. The van der Waals surface area contributed by atoms with Gasteiger partial charge in [0.25, 0.3) is 0 Å². The van der Waals surface area contributed by atoms with Crippen LogP contribution in [0.5, 0.6) is 0 Å². The van der Waals surface area contributed by atoms with Crippen LogP contribution in [0.4, 0.5) is 34.1 Å². The first-order valence-corrected chi connectivity index (χ1v) is 24.6. The van der Waals surface area contributed by atoms with Gasteiger partial charge in [0.1, 0.15) is 11.2 Å². The summed E-state index contributed by atoms with van der Waals surface area (Å²) in [5, 5.41) is 12.9. The first kappa shape index (κ1) is 39.2. The molecule has 334 valence electrons. The number of para-hydroxylation sites is 5. The molecule has 72 heavy (non-hydrogen) atoms. The van der Waals surface area contributed by atoms with Gasteiger partial charge < -0.3 is 14.2 Å². The zero-order valence-electron chi connectivity index (χ0n) is 38.8. The van der Waals surface area contributed by atoms with E-state index in [9.17, 15) is 0 Å². The third-order valence-corrected chi connectivity index (χ3v) is 15.2. The highest BCUT2D eigenvalue weighted by Gasteiger charge is 2.34. The fourth-order valence-corrected chi connectivity index (χ4v) is 12.1. The summed E-state index contributed by atoms with van der Waals surface area (Å²) >= 11 is 0. The lowest BCUT2D eigenvalue weighted by atomic mass is 9.91. The smallest absolute Gasteiger partial charge is 0.159 e. The molecule has 0 fully saturated rings. The Kier molecular flexibility index (Phi) is 8.10. The van der Waals surface area contributed by atoms with Crippen molar-refractivity contribution in [2.24, 2.45) is 0 Å². The molecule has 3 aromatic heterocycles. The first-order valence-electron chi connectivity index (χ1n) is 24.6. The number of pyridine rings is 1. The maximum atomic E-state index is 6.93. The summed E-state index contributed by atoms with van der Waals surface area (Å²) in [6.45, 7) is 0. The average molecular weight is 917 g/mol. The number of hydrogen-bond acceptors (Lipinski definition) is 4. The van der Waals surface area contributed by atoms with Crippen molar-refractivity contribution in [1.29, 1.82) is 0 Å². The van der Waals surface area contributed by atoms with Gasteiger partial charge in [0.05, 0.1) is 45.0 Å². The molecule has 0 unspecified atom stereocenters. The molecule has 0 saturated carbocycles. The van der Waals surface area contributed by atoms with Gasteiger partial charge in [-0.3, -0.25) is 4.40 Å². The van der Waals surface area contributed by atoms with Gasteiger partial charge >= 0.3 is 0 Å². The fourth-order valence-electron chi connectivity index (χ4n) is 12.1. The Balaban J connectivity index is 1.05. The largest absolute Gasteiger partial charge is 0.454 e. The summed E-state index contributed by atoms with van der Waals surface area (Å²) < 4.78 is 9.26. The molecule has 0 N–H and O–H groups in total. The standard InChI is InChI=1S/C67H40N4O/c1-2-17-41(18-3-1)44-19-4-5-20-45(44)42-33-36-60-62(37-42)69(43-34-35-53-54(38-43)50-25-10-13-29-58(50)71-59-30-14-12-28-57(59)68-67(53)71)63-39-55-48-23-8-6-21-46(48)47-22-7-9-24-49(47)56(55)40-64(63)70(60)61-31-16-27-52-51-26-11-15-32-65(51)72-66(52)61/h1-40H. The Hall–Kier alpha value is -9.71. The molecule has 0 spiro atoms. The minimum atomic E-state index is 0.847. The van der Waals surface area contributed by atoms with Crippen LogP contribution in [0.3, 0.4) is 0 Å². The molecule has 12 aromatic carbocycles. The van der Waals surface area contributed by atoms with E-state index in [1.807, 2.05) is 0 Å². The Labute approximate surface area is 413 Å². The molecule has 5 heteroatoms. The normalized spacial score (nSPS) is 12.7. The first-order chi connectivity index (χ1) is 35.7. The van der Waals surface area contributed by atoms with Crippen LogP contribution in [0.2, 0.25) is 0 Å². The van der Waals surface area contributed by atoms with E-state index in [1.165, 1.54) is 48.8 Å². The molecule has 0 saturated heterocycles.